The molecule has 7 heteroatoms. The summed E-state index contributed by atoms with van der Waals surface area (Å²) < 4.78 is 5.50. The van der Waals surface area contributed by atoms with E-state index < -0.39 is 14.7 Å². The van der Waals surface area contributed by atoms with Gasteiger partial charge in [-0.3, -0.25) is 4.99 Å². The molecule has 0 aromatic heterocycles. The molecule has 0 heterocycles. The number of rotatable bonds is 4. The standard InChI is InChI=1S/C24H25NO2.3ClH.Ti/c1-24(2,3)20-13-9-10-17(23(20)26)16-25-21-14-7-5-11-18(21)19-12-6-8-15-22(19)27-4;;;;/h5-16,26H,1-4H3;3*1H;/q;;;;+3/p-3. The summed E-state index contributed by atoms with van der Waals surface area (Å²) in [6.07, 6.45) is 1.72. The first kappa shape index (κ1) is 25.8. The van der Waals surface area contributed by atoms with Crippen molar-refractivity contribution in [3.05, 3.63) is 77.9 Å². The van der Waals surface area contributed by atoms with Gasteiger partial charge >= 0.3 is 42.6 Å². The molecule has 3 aromatic rings. The molecule has 0 radical (unpaired) electrons. The summed E-state index contributed by atoms with van der Waals surface area (Å²) in [5.41, 5.74) is 4.27. The van der Waals surface area contributed by atoms with Crippen LogP contribution >= 0.6 is 27.9 Å². The molecule has 3 aromatic carbocycles. The van der Waals surface area contributed by atoms with Crippen LogP contribution in [0.2, 0.25) is 0 Å². The van der Waals surface area contributed by atoms with Crippen LogP contribution < -0.4 is 4.74 Å². The Morgan fingerprint density at radius 1 is 0.871 bits per heavy atom. The number of hydrogen-bond donors (Lipinski definition) is 1. The van der Waals surface area contributed by atoms with Gasteiger partial charge in [0.05, 0.1) is 12.8 Å². The van der Waals surface area contributed by atoms with Crippen LogP contribution in [-0.2, 0) is 20.1 Å². The van der Waals surface area contributed by atoms with Crippen LogP contribution in [0.25, 0.3) is 11.1 Å². The third-order valence-electron chi connectivity index (χ3n) is 4.52. The number of aromatic hydroxyl groups is 1. The van der Waals surface area contributed by atoms with Crippen molar-refractivity contribution in [3.8, 4) is 22.6 Å². The van der Waals surface area contributed by atoms with Crippen LogP contribution in [0.4, 0.5) is 5.69 Å². The average molecular weight is 514 g/mol. The Balaban J connectivity index is 0.000000785. The number of ether oxygens (including phenoxy) is 1. The van der Waals surface area contributed by atoms with Crippen molar-refractivity contribution >= 4 is 39.8 Å². The summed E-state index contributed by atoms with van der Waals surface area (Å²) >= 11 is -1.92. The van der Waals surface area contributed by atoms with E-state index in [2.05, 4.69) is 25.8 Å². The van der Waals surface area contributed by atoms with Crippen LogP contribution in [0.3, 0.4) is 0 Å². The van der Waals surface area contributed by atoms with Crippen LogP contribution in [0.1, 0.15) is 31.9 Å². The minimum atomic E-state index is -1.92. The van der Waals surface area contributed by atoms with E-state index in [1.807, 2.05) is 66.7 Å². The van der Waals surface area contributed by atoms with Gasteiger partial charge in [0.2, 0.25) is 0 Å². The number of halogens is 3. The third kappa shape index (κ3) is 7.55. The number of hydrogen-bond acceptors (Lipinski definition) is 3. The van der Waals surface area contributed by atoms with E-state index in [1.54, 1.807) is 13.3 Å². The molecule has 3 nitrogen and oxygen atoms in total. The van der Waals surface area contributed by atoms with Crippen molar-refractivity contribution in [1.29, 1.82) is 0 Å². The topological polar surface area (TPSA) is 41.8 Å². The second-order valence-electron chi connectivity index (χ2n) is 7.68. The molecule has 0 atom stereocenters. The maximum atomic E-state index is 10.7. The quantitative estimate of drug-likeness (QED) is 0.282. The molecule has 0 saturated carbocycles. The molecule has 1 N–H and O–H groups in total. The fraction of sp³-hybridized carbons (Fsp3) is 0.208. The fourth-order valence-electron chi connectivity index (χ4n) is 3.09. The van der Waals surface area contributed by atoms with Crippen LogP contribution in [0.5, 0.6) is 11.5 Å². The number of phenols is 1. The second-order valence-corrected chi connectivity index (χ2v) is 15.4. The Labute approximate surface area is 202 Å². The zero-order chi connectivity index (χ0) is 23.0. The first-order valence-electron chi connectivity index (χ1n) is 9.57. The number of para-hydroxylation sites is 3. The molecule has 0 saturated heterocycles. The number of phenolic OH excluding ortho intramolecular Hbond substituents is 1. The minimum absolute atomic E-state index is 0.136. The van der Waals surface area contributed by atoms with Crippen molar-refractivity contribution in [2.75, 3.05) is 7.11 Å². The SMILES string of the molecule is COc1ccccc1-c1ccccc1N=Cc1cccc(C(C)(C)C)c1O.[Cl][Ti]([Cl])[Cl]. The molecule has 31 heavy (non-hydrogen) atoms. The molecular formula is C24H25Cl3NO2Ti. The maximum absolute atomic E-state index is 10.7. The normalized spacial score (nSPS) is 11.1. The Bertz CT molecular complexity index is 1030. The summed E-state index contributed by atoms with van der Waals surface area (Å²) in [7, 11) is 16.6. The van der Waals surface area contributed by atoms with E-state index in [9.17, 15) is 5.11 Å². The first-order valence-corrected chi connectivity index (χ1v) is 16.0. The van der Waals surface area contributed by atoms with E-state index in [-0.39, 0.29) is 11.2 Å². The summed E-state index contributed by atoms with van der Waals surface area (Å²) in [4.78, 5) is 4.67. The van der Waals surface area contributed by atoms with Crippen LogP contribution in [-0.4, -0.2) is 18.4 Å². The van der Waals surface area contributed by atoms with Gasteiger partial charge in [0.15, 0.2) is 0 Å². The van der Waals surface area contributed by atoms with E-state index in [0.717, 1.165) is 28.1 Å². The number of benzene rings is 3. The van der Waals surface area contributed by atoms with Gasteiger partial charge in [-0.1, -0.05) is 69.3 Å². The zero-order valence-electron chi connectivity index (χ0n) is 17.9. The average Bonchev–Trinajstić information content (AvgIpc) is 2.72. The summed E-state index contributed by atoms with van der Waals surface area (Å²) in [5.74, 6) is 1.08. The fourth-order valence-corrected chi connectivity index (χ4v) is 3.09. The van der Waals surface area contributed by atoms with Crippen molar-refractivity contribution in [2.24, 2.45) is 4.99 Å². The van der Waals surface area contributed by atoms with Gasteiger partial charge in [-0.15, -0.1) is 0 Å². The molecule has 0 aliphatic carbocycles. The monoisotopic (exact) mass is 512 g/mol. The molecule has 0 aliphatic heterocycles. The Morgan fingerprint density at radius 3 is 2.06 bits per heavy atom. The first-order chi connectivity index (χ1) is 14.6. The molecule has 163 valence electrons. The second kappa shape index (κ2) is 11.9. The van der Waals surface area contributed by atoms with Gasteiger partial charge < -0.3 is 9.84 Å². The molecule has 0 spiro atoms. The number of methoxy groups -OCH3 is 1. The molecule has 0 fully saturated rings. The predicted octanol–water partition coefficient (Wildman–Crippen LogP) is 8.18. The van der Waals surface area contributed by atoms with E-state index in [4.69, 9.17) is 32.7 Å². The van der Waals surface area contributed by atoms with Gasteiger partial charge in [-0.05, 0) is 29.2 Å². The molecule has 0 unspecified atom stereocenters. The van der Waals surface area contributed by atoms with Crippen molar-refractivity contribution in [3.63, 3.8) is 0 Å². The summed E-state index contributed by atoms with van der Waals surface area (Å²) in [6.45, 7) is 6.25. The predicted molar refractivity (Wildman–Crippen MR) is 130 cm³/mol. The van der Waals surface area contributed by atoms with Crippen molar-refractivity contribution < 1.29 is 24.5 Å². The Kier molecular flexibility index (Phi) is 9.93. The molecule has 3 rings (SSSR count). The van der Waals surface area contributed by atoms with Gasteiger partial charge in [-0.25, -0.2) is 0 Å². The van der Waals surface area contributed by atoms with Crippen LogP contribution in [0.15, 0.2) is 71.7 Å². The summed E-state index contributed by atoms with van der Waals surface area (Å²) in [5, 5.41) is 10.7. The number of nitrogens with zero attached hydrogens (tertiary/aromatic N) is 1. The molecular weight excluding hydrogens is 488 g/mol. The van der Waals surface area contributed by atoms with Gasteiger partial charge in [0.25, 0.3) is 0 Å². The molecule has 0 bridgehead atoms. The van der Waals surface area contributed by atoms with Gasteiger partial charge in [-0.2, -0.15) is 0 Å². The molecule has 0 aliphatic rings. The zero-order valence-corrected chi connectivity index (χ0v) is 21.7. The third-order valence-corrected chi connectivity index (χ3v) is 4.52. The summed E-state index contributed by atoms with van der Waals surface area (Å²) in [6, 6.07) is 21.6. The van der Waals surface area contributed by atoms with E-state index >= 15 is 0 Å². The van der Waals surface area contributed by atoms with Gasteiger partial charge in [0, 0.05) is 22.9 Å². The Morgan fingerprint density at radius 2 is 1.45 bits per heavy atom. The van der Waals surface area contributed by atoms with E-state index in [1.165, 1.54) is 0 Å². The van der Waals surface area contributed by atoms with Gasteiger partial charge in [0.1, 0.15) is 11.5 Å². The van der Waals surface area contributed by atoms with E-state index in [0.29, 0.717) is 5.56 Å². The van der Waals surface area contributed by atoms with Crippen molar-refractivity contribution in [1.82, 2.24) is 0 Å². The van der Waals surface area contributed by atoms with Crippen molar-refractivity contribution in [2.45, 2.75) is 26.2 Å². The Hall–Kier alpha value is -1.49. The molecule has 0 amide bonds. The van der Waals surface area contributed by atoms with Crippen LogP contribution in [0, 0.1) is 0 Å². The number of aliphatic imine (C=N–C) groups is 1.